The number of hydrogen-bond acceptors (Lipinski definition) is 2. The Labute approximate surface area is 107 Å². The number of aromatic nitrogens is 1. The molecule has 1 aliphatic heterocycles. The molecular weight excluding hydrogens is 224 g/mol. The van der Waals surface area contributed by atoms with E-state index >= 15 is 0 Å². The minimum Gasteiger partial charge on any atom is -0.435 e. The van der Waals surface area contributed by atoms with Gasteiger partial charge in [-0.3, -0.25) is 0 Å². The van der Waals surface area contributed by atoms with Gasteiger partial charge in [-0.05, 0) is 19.3 Å². The van der Waals surface area contributed by atoms with Crippen LogP contribution in [0.2, 0.25) is 0 Å². The fraction of sp³-hybridized carbons (Fsp3) is 0.400. The van der Waals surface area contributed by atoms with Crippen molar-refractivity contribution in [1.29, 1.82) is 0 Å². The molecule has 3 rings (SSSR count). The van der Waals surface area contributed by atoms with Gasteiger partial charge in [0.25, 0.3) is 5.89 Å². The second-order valence-corrected chi connectivity index (χ2v) is 4.97. The summed E-state index contributed by atoms with van der Waals surface area (Å²) in [7, 11) is 0. The smallest absolute Gasteiger partial charge is 0.250 e. The maximum absolute atomic E-state index is 5.84. The number of rotatable bonds is 3. The third kappa shape index (κ3) is 2.62. The van der Waals surface area contributed by atoms with E-state index in [9.17, 15) is 0 Å². The monoisotopic (exact) mass is 243 g/mol. The first-order chi connectivity index (χ1) is 8.92. The van der Waals surface area contributed by atoms with Crippen LogP contribution in [0.1, 0.15) is 25.2 Å². The highest BCUT2D eigenvalue weighted by atomic mass is 16.4. The van der Waals surface area contributed by atoms with Crippen molar-refractivity contribution in [2.45, 2.75) is 25.8 Å². The predicted octanol–water partition coefficient (Wildman–Crippen LogP) is 1.91. The van der Waals surface area contributed by atoms with E-state index in [0.29, 0.717) is 0 Å². The zero-order valence-electron chi connectivity index (χ0n) is 10.6. The number of oxazole rings is 1. The molecule has 0 spiro atoms. The van der Waals surface area contributed by atoms with Crippen molar-refractivity contribution in [2.75, 3.05) is 13.1 Å². The van der Waals surface area contributed by atoms with Crippen LogP contribution in [0.4, 0.5) is 0 Å². The van der Waals surface area contributed by atoms with E-state index in [0.717, 1.165) is 23.8 Å². The van der Waals surface area contributed by atoms with Crippen molar-refractivity contribution in [1.82, 2.24) is 4.98 Å². The van der Waals surface area contributed by atoms with Crippen molar-refractivity contribution in [2.24, 2.45) is 0 Å². The summed E-state index contributed by atoms with van der Waals surface area (Å²) in [6.07, 6.45) is 5.89. The molecule has 1 aromatic heterocycles. The van der Waals surface area contributed by atoms with Crippen LogP contribution < -0.4 is 4.90 Å². The first-order valence-corrected chi connectivity index (χ1v) is 6.75. The molecule has 1 saturated heterocycles. The Morgan fingerprint density at radius 3 is 2.61 bits per heavy atom. The summed E-state index contributed by atoms with van der Waals surface area (Å²) in [5.41, 5.74) is 1.10. The van der Waals surface area contributed by atoms with Gasteiger partial charge in [0.1, 0.15) is 0 Å². The predicted molar refractivity (Wildman–Crippen MR) is 70.2 cm³/mol. The summed E-state index contributed by atoms with van der Waals surface area (Å²) in [5.74, 6) is 1.74. The highest BCUT2D eigenvalue weighted by Gasteiger charge is 2.17. The molecule has 0 aliphatic carbocycles. The molecule has 1 aliphatic rings. The molecular formula is C15H19N2O+. The van der Waals surface area contributed by atoms with Crippen molar-refractivity contribution in [3.8, 4) is 11.3 Å². The molecule has 0 radical (unpaired) electrons. The number of piperidine rings is 1. The molecule has 3 heteroatoms. The number of nitrogens with zero attached hydrogens (tertiary/aromatic N) is 1. The van der Waals surface area contributed by atoms with Crippen molar-refractivity contribution < 1.29 is 9.32 Å². The van der Waals surface area contributed by atoms with E-state index in [1.165, 1.54) is 32.4 Å². The maximum atomic E-state index is 5.84. The van der Waals surface area contributed by atoms with Crippen molar-refractivity contribution >= 4 is 0 Å². The van der Waals surface area contributed by atoms with E-state index in [-0.39, 0.29) is 0 Å². The van der Waals surface area contributed by atoms with E-state index < -0.39 is 0 Å². The van der Waals surface area contributed by atoms with Gasteiger partial charge in [-0.25, -0.2) is 4.98 Å². The zero-order valence-corrected chi connectivity index (χ0v) is 10.6. The van der Waals surface area contributed by atoms with Crippen LogP contribution in [0.5, 0.6) is 0 Å². The Kier molecular flexibility index (Phi) is 3.42. The topological polar surface area (TPSA) is 30.5 Å². The third-order valence-electron chi connectivity index (χ3n) is 3.57. The lowest BCUT2D eigenvalue weighted by atomic mass is 10.1. The van der Waals surface area contributed by atoms with Crippen LogP contribution in [0, 0.1) is 0 Å². The summed E-state index contributed by atoms with van der Waals surface area (Å²) in [6.45, 7) is 3.43. The number of nitrogens with one attached hydrogen (secondary N) is 1. The number of hydrogen-bond donors (Lipinski definition) is 1. The second-order valence-electron chi connectivity index (χ2n) is 4.97. The summed E-state index contributed by atoms with van der Waals surface area (Å²) >= 11 is 0. The molecule has 1 aromatic carbocycles. The molecule has 0 atom stereocenters. The van der Waals surface area contributed by atoms with Gasteiger partial charge in [0, 0.05) is 5.56 Å². The molecule has 1 N–H and O–H groups in total. The standard InChI is InChI=1S/C15H18N2O/c1-3-7-13(8-4-1)14-11-16-15(18-14)12-17-9-5-2-6-10-17/h1,3-4,7-8,11H,2,5-6,9-10,12H2/p+1. The molecule has 3 nitrogen and oxygen atoms in total. The van der Waals surface area contributed by atoms with Crippen molar-refractivity contribution in [3.63, 3.8) is 0 Å². The van der Waals surface area contributed by atoms with Crippen LogP contribution in [0.25, 0.3) is 11.3 Å². The Balaban J connectivity index is 1.69. The Morgan fingerprint density at radius 1 is 1.06 bits per heavy atom. The minimum atomic E-state index is 0.866. The number of benzene rings is 1. The van der Waals surface area contributed by atoms with Gasteiger partial charge in [0.05, 0.1) is 19.3 Å². The van der Waals surface area contributed by atoms with E-state index in [2.05, 4.69) is 17.1 Å². The lowest BCUT2D eigenvalue weighted by Gasteiger charge is -2.21. The van der Waals surface area contributed by atoms with Gasteiger partial charge >= 0.3 is 0 Å². The van der Waals surface area contributed by atoms with Gasteiger partial charge in [0.2, 0.25) is 0 Å². The van der Waals surface area contributed by atoms with E-state index in [4.69, 9.17) is 4.42 Å². The minimum absolute atomic E-state index is 0.866. The lowest BCUT2D eigenvalue weighted by Crippen LogP contribution is -3.11. The molecule has 1 fully saturated rings. The van der Waals surface area contributed by atoms with Crippen LogP contribution in [-0.4, -0.2) is 18.1 Å². The molecule has 0 unspecified atom stereocenters. The fourth-order valence-electron chi connectivity index (χ4n) is 2.57. The highest BCUT2D eigenvalue weighted by molar-refractivity contribution is 5.55. The SMILES string of the molecule is c1ccc(-c2cnc(C[NH+]3CCCCC3)o2)cc1. The fourth-order valence-corrected chi connectivity index (χ4v) is 2.57. The molecule has 94 valence electrons. The van der Waals surface area contributed by atoms with Gasteiger partial charge in [-0.1, -0.05) is 30.3 Å². The summed E-state index contributed by atoms with van der Waals surface area (Å²) < 4.78 is 5.84. The summed E-state index contributed by atoms with van der Waals surface area (Å²) in [5, 5.41) is 0. The largest absolute Gasteiger partial charge is 0.435 e. The summed E-state index contributed by atoms with van der Waals surface area (Å²) in [6, 6.07) is 10.2. The quantitative estimate of drug-likeness (QED) is 0.892. The van der Waals surface area contributed by atoms with Crippen LogP contribution in [0.15, 0.2) is 40.9 Å². The lowest BCUT2D eigenvalue weighted by molar-refractivity contribution is -0.919. The molecule has 0 bridgehead atoms. The van der Waals surface area contributed by atoms with Crippen LogP contribution in [-0.2, 0) is 6.54 Å². The van der Waals surface area contributed by atoms with Gasteiger partial charge < -0.3 is 9.32 Å². The molecule has 2 aromatic rings. The summed E-state index contributed by atoms with van der Waals surface area (Å²) in [4.78, 5) is 6.00. The van der Waals surface area contributed by atoms with Crippen LogP contribution >= 0.6 is 0 Å². The zero-order chi connectivity index (χ0) is 12.2. The van der Waals surface area contributed by atoms with Gasteiger partial charge in [0.15, 0.2) is 12.3 Å². The second kappa shape index (κ2) is 5.36. The first kappa shape index (κ1) is 11.5. The van der Waals surface area contributed by atoms with E-state index in [1.54, 1.807) is 4.90 Å². The van der Waals surface area contributed by atoms with Crippen molar-refractivity contribution in [3.05, 3.63) is 42.4 Å². The molecule has 0 amide bonds. The van der Waals surface area contributed by atoms with Gasteiger partial charge in [-0.2, -0.15) is 0 Å². The third-order valence-corrected chi connectivity index (χ3v) is 3.57. The number of quaternary nitrogens is 1. The first-order valence-electron chi connectivity index (χ1n) is 6.75. The van der Waals surface area contributed by atoms with E-state index in [1.807, 2.05) is 24.4 Å². The molecule has 2 heterocycles. The molecule has 0 saturated carbocycles. The normalized spacial score (nSPS) is 16.9. The Hall–Kier alpha value is -1.61. The average Bonchev–Trinajstić information content (AvgIpc) is 2.89. The Bertz CT molecular complexity index is 486. The van der Waals surface area contributed by atoms with Gasteiger partial charge in [-0.15, -0.1) is 0 Å². The van der Waals surface area contributed by atoms with Crippen LogP contribution in [0.3, 0.4) is 0 Å². The highest BCUT2D eigenvalue weighted by Crippen LogP contribution is 2.19. The molecule has 18 heavy (non-hydrogen) atoms. The Morgan fingerprint density at radius 2 is 1.83 bits per heavy atom. The average molecular weight is 243 g/mol. The number of likely N-dealkylation sites (tertiary alicyclic amines) is 1. The maximum Gasteiger partial charge on any atom is 0.250 e.